The quantitative estimate of drug-likeness (QED) is 0.632. The van der Waals surface area contributed by atoms with Gasteiger partial charge in [0.2, 0.25) is 0 Å². The molecule has 2 unspecified atom stereocenters. The van der Waals surface area contributed by atoms with Gasteiger partial charge in [-0.2, -0.15) is 0 Å². The Morgan fingerprint density at radius 3 is 3.13 bits per heavy atom. The molecule has 2 atom stereocenters. The van der Waals surface area contributed by atoms with Crippen molar-refractivity contribution in [2.75, 3.05) is 6.61 Å². The van der Waals surface area contributed by atoms with Gasteiger partial charge in [-0.15, -0.1) is 0 Å². The standard InChI is InChI=1S/C12H11NO2/c13-10-6-15-11-5-8-3-1-2-7(8)4-9(11)12(10)14/h1-5,9-10H,6,13H2. The summed E-state index contributed by atoms with van der Waals surface area (Å²) < 4.78 is 5.47. The minimum absolute atomic E-state index is 0.0550. The van der Waals surface area contributed by atoms with Gasteiger partial charge in [0.15, 0.2) is 5.78 Å². The maximum absolute atomic E-state index is 11.8. The SMILES string of the molecule is NC1COC2=CC3=CC=CC3=CC2C1=O. The second-order valence-corrected chi connectivity index (χ2v) is 3.95. The van der Waals surface area contributed by atoms with E-state index in [-0.39, 0.29) is 11.7 Å². The summed E-state index contributed by atoms with van der Waals surface area (Å²) in [5.41, 5.74) is 7.87. The first kappa shape index (κ1) is 8.68. The molecule has 15 heavy (non-hydrogen) atoms. The molecule has 2 aliphatic carbocycles. The van der Waals surface area contributed by atoms with Crippen LogP contribution in [-0.2, 0) is 9.53 Å². The fourth-order valence-electron chi connectivity index (χ4n) is 2.09. The number of ketones is 1. The number of allylic oxidation sites excluding steroid dienone is 7. The second kappa shape index (κ2) is 2.94. The van der Waals surface area contributed by atoms with E-state index in [0.29, 0.717) is 6.61 Å². The number of hydrogen-bond acceptors (Lipinski definition) is 3. The van der Waals surface area contributed by atoms with Gasteiger partial charge < -0.3 is 10.5 Å². The summed E-state index contributed by atoms with van der Waals surface area (Å²) in [6.45, 7) is 0.297. The normalized spacial score (nSPS) is 32.3. The third-order valence-corrected chi connectivity index (χ3v) is 2.94. The van der Waals surface area contributed by atoms with Crippen LogP contribution in [-0.4, -0.2) is 18.4 Å². The Kier molecular flexibility index (Phi) is 1.70. The number of ether oxygens (including phenoxy) is 1. The molecule has 1 heterocycles. The fraction of sp³-hybridized carbons (Fsp3) is 0.250. The van der Waals surface area contributed by atoms with Crippen LogP contribution in [0.25, 0.3) is 0 Å². The van der Waals surface area contributed by atoms with Crippen molar-refractivity contribution < 1.29 is 9.53 Å². The highest BCUT2D eigenvalue weighted by Crippen LogP contribution is 2.34. The van der Waals surface area contributed by atoms with E-state index in [2.05, 4.69) is 0 Å². The van der Waals surface area contributed by atoms with Gasteiger partial charge in [0, 0.05) is 0 Å². The van der Waals surface area contributed by atoms with Gasteiger partial charge in [-0.25, -0.2) is 0 Å². The van der Waals surface area contributed by atoms with Gasteiger partial charge in [0.1, 0.15) is 12.4 Å². The number of carbonyl (C=O) groups is 1. The minimum Gasteiger partial charge on any atom is -0.495 e. The first-order chi connectivity index (χ1) is 7.25. The molecule has 0 saturated carbocycles. The number of Topliss-reactive ketones (excluding diaryl/α,β-unsaturated/α-hetero) is 1. The first-order valence-electron chi connectivity index (χ1n) is 5.00. The van der Waals surface area contributed by atoms with E-state index in [1.807, 2.05) is 30.4 Å². The predicted octanol–water partition coefficient (Wildman–Crippen LogP) is 0.849. The Balaban J connectivity index is 2.03. The van der Waals surface area contributed by atoms with Crippen molar-refractivity contribution in [2.24, 2.45) is 11.7 Å². The van der Waals surface area contributed by atoms with Gasteiger partial charge in [-0.3, -0.25) is 4.79 Å². The summed E-state index contributed by atoms with van der Waals surface area (Å²) in [5, 5.41) is 0. The highest BCUT2D eigenvalue weighted by Gasteiger charge is 2.35. The van der Waals surface area contributed by atoms with Gasteiger partial charge >= 0.3 is 0 Å². The topological polar surface area (TPSA) is 52.3 Å². The molecular formula is C12H11NO2. The van der Waals surface area contributed by atoms with Crippen LogP contribution < -0.4 is 5.73 Å². The van der Waals surface area contributed by atoms with Crippen molar-refractivity contribution in [2.45, 2.75) is 6.04 Å². The molecule has 3 heteroatoms. The smallest absolute Gasteiger partial charge is 0.167 e. The summed E-state index contributed by atoms with van der Waals surface area (Å²) in [6.07, 6.45) is 9.85. The lowest BCUT2D eigenvalue weighted by Crippen LogP contribution is -2.44. The zero-order chi connectivity index (χ0) is 10.4. The van der Waals surface area contributed by atoms with Gasteiger partial charge in [0.05, 0.1) is 12.0 Å². The van der Waals surface area contributed by atoms with Crippen LogP contribution in [0.4, 0.5) is 0 Å². The van der Waals surface area contributed by atoms with Gasteiger partial charge in [0.25, 0.3) is 0 Å². The van der Waals surface area contributed by atoms with E-state index >= 15 is 0 Å². The molecule has 0 aromatic rings. The Labute approximate surface area is 87.6 Å². The molecule has 1 fully saturated rings. The number of hydrogen-bond donors (Lipinski definition) is 1. The molecule has 3 aliphatic rings. The molecule has 2 N–H and O–H groups in total. The molecule has 3 rings (SSSR count). The molecule has 1 aliphatic heterocycles. The number of fused-ring (bicyclic) bond motifs is 2. The van der Waals surface area contributed by atoms with Crippen molar-refractivity contribution in [3.63, 3.8) is 0 Å². The first-order valence-corrected chi connectivity index (χ1v) is 5.00. The molecule has 0 aromatic carbocycles. The molecule has 0 bridgehead atoms. The zero-order valence-corrected chi connectivity index (χ0v) is 8.14. The van der Waals surface area contributed by atoms with Crippen LogP contribution >= 0.6 is 0 Å². The predicted molar refractivity (Wildman–Crippen MR) is 55.8 cm³/mol. The Morgan fingerprint density at radius 2 is 2.27 bits per heavy atom. The third-order valence-electron chi connectivity index (χ3n) is 2.94. The lowest BCUT2D eigenvalue weighted by Gasteiger charge is -2.29. The second-order valence-electron chi connectivity index (χ2n) is 3.95. The lowest BCUT2D eigenvalue weighted by molar-refractivity contribution is -0.126. The van der Waals surface area contributed by atoms with Gasteiger partial charge in [-0.05, 0) is 17.2 Å². The Morgan fingerprint density at radius 1 is 1.40 bits per heavy atom. The number of carbonyl (C=O) groups excluding carboxylic acids is 1. The van der Waals surface area contributed by atoms with E-state index < -0.39 is 6.04 Å². The van der Waals surface area contributed by atoms with Crippen LogP contribution in [0.5, 0.6) is 0 Å². The van der Waals surface area contributed by atoms with Crippen molar-refractivity contribution in [1.82, 2.24) is 0 Å². The number of rotatable bonds is 0. The average molecular weight is 201 g/mol. The van der Waals surface area contributed by atoms with Crippen LogP contribution in [0.3, 0.4) is 0 Å². The summed E-state index contributed by atoms with van der Waals surface area (Å²) in [7, 11) is 0. The van der Waals surface area contributed by atoms with Crippen LogP contribution in [0.2, 0.25) is 0 Å². The third kappa shape index (κ3) is 1.20. The summed E-state index contributed by atoms with van der Waals surface area (Å²) in [5.74, 6) is 0.517. The molecule has 0 aromatic heterocycles. The van der Waals surface area contributed by atoms with E-state index in [4.69, 9.17) is 10.5 Å². The van der Waals surface area contributed by atoms with Gasteiger partial charge in [-0.1, -0.05) is 24.3 Å². The molecular weight excluding hydrogens is 190 g/mol. The Bertz CT molecular complexity index is 454. The maximum atomic E-state index is 11.8. The molecule has 0 spiro atoms. The lowest BCUT2D eigenvalue weighted by atomic mass is 9.86. The van der Waals surface area contributed by atoms with Crippen molar-refractivity contribution >= 4 is 5.78 Å². The van der Waals surface area contributed by atoms with Crippen molar-refractivity contribution in [3.8, 4) is 0 Å². The average Bonchev–Trinajstić information content (AvgIpc) is 2.68. The monoisotopic (exact) mass is 201 g/mol. The van der Waals surface area contributed by atoms with E-state index in [1.54, 1.807) is 0 Å². The largest absolute Gasteiger partial charge is 0.495 e. The Hall–Kier alpha value is -1.61. The van der Waals surface area contributed by atoms with E-state index in [0.717, 1.165) is 16.9 Å². The van der Waals surface area contributed by atoms with Crippen LogP contribution in [0.15, 0.2) is 47.3 Å². The van der Waals surface area contributed by atoms with Crippen molar-refractivity contribution in [1.29, 1.82) is 0 Å². The summed E-state index contributed by atoms with van der Waals surface area (Å²) in [4.78, 5) is 11.8. The van der Waals surface area contributed by atoms with Crippen LogP contribution in [0, 0.1) is 5.92 Å². The van der Waals surface area contributed by atoms with E-state index in [1.165, 1.54) is 0 Å². The molecule has 0 amide bonds. The highest BCUT2D eigenvalue weighted by atomic mass is 16.5. The summed E-state index contributed by atoms with van der Waals surface area (Å²) >= 11 is 0. The fourth-order valence-corrected chi connectivity index (χ4v) is 2.09. The number of nitrogens with two attached hydrogens (primary N) is 1. The minimum atomic E-state index is -0.486. The molecule has 76 valence electrons. The highest BCUT2D eigenvalue weighted by molar-refractivity contribution is 5.92. The summed E-state index contributed by atoms with van der Waals surface area (Å²) in [6, 6.07) is -0.486. The zero-order valence-electron chi connectivity index (χ0n) is 8.14. The maximum Gasteiger partial charge on any atom is 0.167 e. The molecule has 3 nitrogen and oxygen atoms in total. The van der Waals surface area contributed by atoms with E-state index in [9.17, 15) is 4.79 Å². The van der Waals surface area contributed by atoms with Crippen molar-refractivity contribution in [3.05, 3.63) is 47.3 Å². The molecule has 0 radical (unpaired) electrons. The van der Waals surface area contributed by atoms with Crippen LogP contribution in [0.1, 0.15) is 0 Å². The molecule has 1 saturated heterocycles.